The number of nitrogens with two attached hydrogens (primary N) is 1. The molecule has 0 radical (unpaired) electrons. The molecule has 1 aliphatic carbocycles. The molecule has 1 aromatic carbocycles. The molecule has 2 fully saturated rings. The minimum Gasteiger partial charge on any atom is -0.396 e. The lowest BCUT2D eigenvalue weighted by molar-refractivity contribution is -0.140. The number of carbonyl (C=O) groups is 1. The van der Waals surface area contributed by atoms with Crippen LogP contribution >= 0.6 is 0 Å². The highest BCUT2D eigenvalue weighted by atomic mass is 32.2. The fourth-order valence-corrected chi connectivity index (χ4v) is 6.19. The summed E-state index contributed by atoms with van der Waals surface area (Å²) in [5.74, 6) is 0.277. The highest BCUT2D eigenvalue weighted by Gasteiger charge is 2.31. The molecule has 34 heavy (non-hydrogen) atoms. The Kier molecular flexibility index (Phi) is 6.18. The molecule has 3 N–H and O–H groups in total. The van der Waals surface area contributed by atoms with E-state index in [-0.39, 0.29) is 22.8 Å². The van der Waals surface area contributed by atoms with Gasteiger partial charge in [-0.25, -0.2) is 17.4 Å². The van der Waals surface area contributed by atoms with E-state index < -0.39 is 10.0 Å². The molecule has 9 nitrogen and oxygen atoms in total. The van der Waals surface area contributed by atoms with Crippen molar-refractivity contribution < 1.29 is 17.9 Å². The molecular formula is C24H29N5O4S. The minimum absolute atomic E-state index is 0.0445. The number of aromatic nitrogens is 2. The number of hydrogen-bond donors (Lipinski definition) is 2. The normalized spacial score (nSPS) is 21.5. The molecule has 1 amide bonds. The Labute approximate surface area is 198 Å². The first-order valence-corrected chi connectivity index (χ1v) is 13.1. The number of hydrogen-bond acceptors (Lipinski definition) is 7. The average Bonchev–Trinajstić information content (AvgIpc) is 3.32. The van der Waals surface area contributed by atoms with Gasteiger partial charge in [0.25, 0.3) is 10.0 Å². The van der Waals surface area contributed by atoms with Gasteiger partial charge in [0.05, 0.1) is 35.7 Å². The van der Waals surface area contributed by atoms with Gasteiger partial charge < -0.3 is 20.7 Å². The Balaban J connectivity index is 1.33. The number of carbonyl (C=O) groups excluding carboxylic acids is 1. The van der Waals surface area contributed by atoms with Gasteiger partial charge >= 0.3 is 0 Å². The summed E-state index contributed by atoms with van der Waals surface area (Å²) in [6.07, 6.45) is 6.31. The van der Waals surface area contributed by atoms with Gasteiger partial charge in [0, 0.05) is 36.6 Å². The minimum atomic E-state index is -3.78. The van der Waals surface area contributed by atoms with E-state index in [1.165, 1.54) is 16.4 Å². The standard InChI is InChI=1S/C24H29N5O4S/c25-21-16-26-23-20(10-11-29(23)34(31,32)19-4-2-1-3-5-19)22(21)27-18-8-6-17(7-9-18)24(30)28-12-14-33-15-13-28/h1-5,10-11,16-18H,6-9,12-15,25H2,(H,26,27)/t17-,18-. The number of nitrogens with one attached hydrogen (secondary N) is 1. The predicted octanol–water partition coefficient (Wildman–Crippen LogP) is 2.69. The second-order valence-electron chi connectivity index (χ2n) is 8.89. The summed E-state index contributed by atoms with van der Waals surface area (Å²) in [7, 11) is -3.78. The number of nitrogens with zero attached hydrogens (tertiary/aromatic N) is 3. The number of amides is 1. The first-order valence-electron chi connectivity index (χ1n) is 11.6. The van der Waals surface area contributed by atoms with Gasteiger partial charge in [0.2, 0.25) is 5.91 Å². The molecule has 2 aromatic heterocycles. The molecule has 0 bridgehead atoms. The number of benzene rings is 1. The number of pyridine rings is 1. The molecule has 0 atom stereocenters. The van der Waals surface area contributed by atoms with Crippen molar-refractivity contribution in [3.05, 3.63) is 48.8 Å². The van der Waals surface area contributed by atoms with Crippen molar-refractivity contribution in [1.29, 1.82) is 0 Å². The topological polar surface area (TPSA) is 120 Å². The molecule has 5 rings (SSSR count). The average molecular weight is 484 g/mol. The SMILES string of the molecule is Nc1cnc2c(ccn2S(=O)(=O)c2ccccc2)c1N[C@H]1CC[C@H](C(=O)N2CCOCC2)CC1. The van der Waals surface area contributed by atoms with E-state index in [1.54, 1.807) is 36.4 Å². The summed E-state index contributed by atoms with van der Waals surface area (Å²) < 4.78 is 32.9. The van der Waals surface area contributed by atoms with Gasteiger partial charge in [0.1, 0.15) is 0 Å². The van der Waals surface area contributed by atoms with Gasteiger partial charge in [-0.15, -0.1) is 0 Å². The molecule has 0 spiro atoms. The molecule has 1 saturated heterocycles. The van der Waals surface area contributed by atoms with Crippen LogP contribution in [0, 0.1) is 5.92 Å². The molecule has 1 aliphatic heterocycles. The van der Waals surface area contributed by atoms with Crippen molar-refractivity contribution in [1.82, 2.24) is 13.9 Å². The van der Waals surface area contributed by atoms with Gasteiger partial charge in [-0.05, 0) is 43.9 Å². The Morgan fingerprint density at radius 1 is 1.06 bits per heavy atom. The zero-order chi connectivity index (χ0) is 23.7. The second-order valence-corrected chi connectivity index (χ2v) is 10.7. The fraction of sp³-hybridized carbons (Fsp3) is 0.417. The molecule has 2 aliphatic rings. The number of rotatable bonds is 5. The number of fused-ring (bicyclic) bond motifs is 1. The highest BCUT2D eigenvalue weighted by Crippen LogP contribution is 2.34. The Hall–Kier alpha value is -3.11. The first kappa shape index (κ1) is 22.7. The molecule has 3 heterocycles. The van der Waals surface area contributed by atoms with Crippen molar-refractivity contribution in [3.63, 3.8) is 0 Å². The van der Waals surface area contributed by atoms with Crippen LogP contribution in [0.15, 0.2) is 53.7 Å². The first-order chi connectivity index (χ1) is 16.4. The lowest BCUT2D eigenvalue weighted by Gasteiger charge is -2.34. The van der Waals surface area contributed by atoms with Crippen LogP contribution in [-0.2, 0) is 19.6 Å². The van der Waals surface area contributed by atoms with E-state index in [9.17, 15) is 13.2 Å². The Morgan fingerprint density at radius 3 is 2.47 bits per heavy atom. The molecule has 10 heteroatoms. The second kappa shape index (κ2) is 9.27. The quantitative estimate of drug-likeness (QED) is 0.573. The lowest BCUT2D eigenvalue weighted by Crippen LogP contribution is -2.45. The fourth-order valence-electron chi connectivity index (χ4n) is 4.87. The van der Waals surface area contributed by atoms with Crippen LogP contribution in [0.1, 0.15) is 25.7 Å². The maximum Gasteiger partial charge on any atom is 0.269 e. The van der Waals surface area contributed by atoms with Crippen LogP contribution in [-0.4, -0.2) is 60.5 Å². The third-order valence-corrected chi connectivity index (χ3v) is 8.44. The highest BCUT2D eigenvalue weighted by molar-refractivity contribution is 7.90. The Bertz CT molecular complexity index is 1280. The molecule has 1 saturated carbocycles. The number of nitrogen functional groups attached to an aromatic ring is 1. The van der Waals surface area contributed by atoms with Gasteiger partial charge in [-0.1, -0.05) is 18.2 Å². The molecule has 180 valence electrons. The van der Waals surface area contributed by atoms with Crippen molar-refractivity contribution >= 4 is 38.3 Å². The summed E-state index contributed by atoms with van der Waals surface area (Å²) in [5.41, 5.74) is 7.74. The van der Waals surface area contributed by atoms with Gasteiger partial charge in [-0.2, -0.15) is 0 Å². The van der Waals surface area contributed by atoms with Crippen LogP contribution in [0.3, 0.4) is 0 Å². The maximum atomic E-state index is 13.2. The third kappa shape index (κ3) is 4.23. The van der Waals surface area contributed by atoms with Crippen molar-refractivity contribution in [2.45, 2.75) is 36.6 Å². The number of ether oxygens (including phenoxy) is 1. The zero-order valence-corrected chi connectivity index (χ0v) is 19.7. The molecule has 0 unspecified atom stereocenters. The summed E-state index contributed by atoms with van der Waals surface area (Å²) >= 11 is 0. The summed E-state index contributed by atoms with van der Waals surface area (Å²) in [6.45, 7) is 2.57. The lowest BCUT2D eigenvalue weighted by atomic mass is 9.85. The molecule has 3 aromatic rings. The Morgan fingerprint density at radius 2 is 1.76 bits per heavy atom. The van der Waals surface area contributed by atoms with Crippen LogP contribution in [0.4, 0.5) is 11.4 Å². The van der Waals surface area contributed by atoms with E-state index in [2.05, 4.69) is 10.3 Å². The van der Waals surface area contributed by atoms with E-state index in [4.69, 9.17) is 10.5 Å². The maximum absolute atomic E-state index is 13.2. The van der Waals surface area contributed by atoms with E-state index in [0.717, 1.165) is 25.7 Å². The summed E-state index contributed by atoms with van der Waals surface area (Å²) in [6, 6.07) is 10.2. The monoisotopic (exact) mass is 483 g/mol. The van der Waals surface area contributed by atoms with Gasteiger partial charge in [0.15, 0.2) is 5.65 Å². The number of morpholine rings is 1. The van der Waals surface area contributed by atoms with Crippen molar-refractivity contribution in [2.75, 3.05) is 37.4 Å². The van der Waals surface area contributed by atoms with Crippen LogP contribution in [0.5, 0.6) is 0 Å². The smallest absolute Gasteiger partial charge is 0.269 e. The third-order valence-electron chi connectivity index (χ3n) is 6.76. The van der Waals surface area contributed by atoms with E-state index >= 15 is 0 Å². The van der Waals surface area contributed by atoms with E-state index in [1.807, 2.05) is 4.90 Å². The van der Waals surface area contributed by atoms with Crippen molar-refractivity contribution in [2.24, 2.45) is 5.92 Å². The number of anilines is 2. The summed E-state index contributed by atoms with van der Waals surface area (Å²) in [4.78, 5) is 19.3. The summed E-state index contributed by atoms with van der Waals surface area (Å²) in [5, 5.41) is 4.18. The van der Waals surface area contributed by atoms with Crippen molar-refractivity contribution in [3.8, 4) is 0 Å². The van der Waals surface area contributed by atoms with Gasteiger partial charge in [-0.3, -0.25) is 4.79 Å². The van der Waals surface area contributed by atoms with E-state index in [0.29, 0.717) is 48.7 Å². The van der Waals surface area contributed by atoms with Crippen LogP contribution < -0.4 is 11.1 Å². The zero-order valence-electron chi connectivity index (χ0n) is 18.9. The van der Waals surface area contributed by atoms with Crippen LogP contribution in [0.25, 0.3) is 11.0 Å². The van der Waals surface area contributed by atoms with Crippen LogP contribution in [0.2, 0.25) is 0 Å². The molecular weight excluding hydrogens is 454 g/mol. The predicted molar refractivity (Wildman–Crippen MR) is 130 cm³/mol. The largest absolute Gasteiger partial charge is 0.396 e.